The molecule has 0 aromatic heterocycles. The van der Waals surface area contributed by atoms with Crippen LogP contribution in [0.1, 0.15) is 22.8 Å². The second-order valence-corrected chi connectivity index (χ2v) is 4.92. The topological polar surface area (TPSA) is 61.8 Å². The Bertz CT molecular complexity index is 760. The Morgan fingerprint density at radius 1 is 0.958 bits per heavy atom. The minimum absolute atomic E-state index is 0.0436. The predicted octanol–water partition coefficient (Wildman–Crippen LogP) is 3.53. The maximum absolute atomic E-state index is 11.9. The number of ether oxygens (including phenoxy) is 3. The van der Waals surface area contributed by atoms with Gasteiger partial charge in [-0.25, -0.2) is 4.79 Å². The molecule has 0 spiro atoms. The molecule has 124 valence electrons. The standard InChI is InChI=1S/C19H18O5/c1-13(20)14-7-10-16(11-8-14)24-18(21)12-9-15-5-4-6-17(22-2)19(15)23-3/h4-12H,1-3H3/b12-9+. The highest BCUT2D eigenvalue weighted by Gasteiger charge is 2.08. The van der Waals surface area contributed by atoms with Gasteiger partial charge in [0.05, 0.1) is 14.2 Å². The molecular formula is C19H18O5. The highest BCUT2D eigenvalue weighted by molar-refractivity contribution is 5.94. The minimum atomic E-state index is -0.532. The van der Waals surface area contributed by atoms with Gasteiger partial charge in [-0.2, -0.15) is 0 Å². The van der Waals surface area contributed by atoms with Gasteiger partial charge < -0.3 is 14.2 Å². The monoisotopic (exact) mass is 326 g/mol. The number of benzene rings is 2. The Morgan fingerprint density at radius 2 is 1.67 bits per heavy atom. The molecule has 0 saturated heterocycles. The summed E-state index contributed by atoms with van der Waals surface area (Å²) in [7, 11) is 3.08. The molecule has 0 radical (unpaired) electrons. The van der Waals surface area contributed by atoms with Crippen LogP contribution in [0.15, 0.2) is 48.5 Å². The van der Waals surface area contributed by atoms with E-state index in [0.717, 1.165) is 0 Å². The van der Waals surface area contributed by atoms with Gasteiger partial charge >= 0.3 is 5.97 Å². The number of carbonyl (C=O) groups is 2. The summed E-state index contributed by atoms with van der Waals surface area (Å²) in [6.45, 7) is 1.48. The largest absolute Gasteiger partial charge is 0.493 e. The van der Waals surface area contributed by atoms with E-state index in [4.69, 9.17) is 14.2 Å². The maximum atomic E-state index is 11.9. The molecule has 2 aromatic carbocycles. The first-order valence-electron chi connectivity index (χ1n) is 7.27. The fourth-order valence-electron chi connectivity index (χ4n) is 2.11. The quantitative estimate of drug-likeness (QED) is 0.352. The molecule has 2 aromatic rings. The van der Waals surface area contributed by atoms with Crippen molar-refractivity contribution in [1.29, 1.82) is 0 Å². The molecule has 0 aliphatic carbocycles. The lowest BCUT2D eigenvalue weighted by molar-refractivity contribution is -0.128. The average molecular weight is 326 g/mol. The third-order valence-corrected chi connectivity index (χ3v) is 3.31. The van der Waals surface area contributed by atoms with E-state index in [0.29, 0.717) is 28.4 Å². The third-order valence-electron chi connectivity index (χ3n) is 3.31. The molecule has 0 amide bonds. The highest BCUT2D eigenvalue weighted by Crippen LogP contribution is 2.31. The van der Waals surface area contributed by atoms with Gasteiger partial charge in [0.1, 0.15) is 5.75 Å². The zero-order valence-electron chi connectivity index (χ0n) is 13.7. The molecule has 0 aliphatic rings. The van der Waals surface area contributed by atoms with E-state index in [-0.39, 0.29) is 5.78 Å². The molecule has 24 heavy (non-hydrogen) atoms. The van der Waals surface area contributed by atoms with Crippen LogP contribution in [0.5, 0.6) is 17.2 Å². The van der Waals surface area contributed by atoms with Gasteiger partial charge in [-0.3, -0.25) is 4.79 Å². The van der Waals surface area contributed by atoms with Crippen LogP contribution in [0, 0.1) is 0 Å². The lowest BCUT2D eigenvalue weighted by Crippen LogP contribution is -2.04. The van der Waals surface area contributed by atoms with Crippen molar-refractivity contribution in [3.05, 3.63) is 59.7 Å². The van der Waals surface area contributed by atoms with Crippen LogP contribution in [-0.4, -0.2) is 26.0 Å². The van der Waals surface area contributed by atoms with Crippen LogP contribution in [-0.2, 0) is 4.79 Å². The van der Waals surface area contributed by atoms with Crippen LogP contribution in [0.2, 0.25) is 0 Å². The van der Waals surface area contributed by atoms with Crippen molar-refractivity contribution in [1.82, 2.24) is 0 Å². The maximum Gasteiger partial charge on any atom is 0.336 e. The molecular weight excluding hydrogens is 308 g/mol. The molecule has 5 nitrogen and oxygen atoms in total. The van der Waals surface area contributed by atoms with Crippen LogP contribution in [0.25, 0.3) is 6.08 Å². The van der Waals surface area contributed by atoms with Crippen molar-refractivity contribution in [2.75, 3.05) is 14.2 Å². The molecule has 0 heterocycles. The van der Waals surface area contributed by atoms with E-state index in [1.807, 2.05) is 0 Å². The normalized spacial score (nSPS) is 10.5. The Labute approximate surface area is 140 Å². The van der Waals surface area contributed by atoms with Gasteiger partial charge in [0.2, 0.25) is 0 Å². The van der Waals surface area contributed by atoms with E-state index >= 15 is 0 Å². The van der Waals surface area contributed by atoms with Gasteiger partial charge in [0.15, 0.2) is 17.3 Å². The van der Waals surface area contributed by atoms with Gasteiger partial charge in [-0.15, -0.1) is 0 Å². The van der Waals surface area contributed by atoms with Crippen molar-refractivity contribution in [2.45, 2.75) is 6.92 Å². The van der Waals surface area contributed by atoms with E-state index in [1.54, 1.807) is 55.7 Å². The second kappa shape index (κ2) is 7.97. The molecule has 0 atom stereocenters. The number of ketones is 1. The molecule has 0 unspecified atom stereocenters. The summed E-state index contributed by atoms with van der Waals surface area (Å²) in [5, 5.41) is 0. The van der Waals surface area contributed by atoms with E-state index in [1.165, 1.54) is 20.1 Å². The van der Waals surface area contributed by atoms with Crippen LogP contribution >= 0.6 is 0 Å². The number of hydrogen-bond donors (Lipinski definition) is 0. The smallest absolute Gasteiger partial charge is 0.336 e. The summed E-state index contributed by atoms with van der Waals surface area (Å²) in [6.07, 6.45) is 2.89. The molecule has 5 heteroatoms. The number of carbonyl (C=O) groups excluding carboxylic acids is 2. The number of para-hydroxylation sites is 1. The van der Waals surface area contributed by atoms with Crippen LogP contribution < -0.4 is 14.2 Å². The Balaban J connectivity index is 2.09. The van der Waals surface area contributed by atoms with Crippen LogP contribution in [0.3, 0.4) is 0 Å². The fraction of sp³-hybridized carbons (Fsp3) is 0.158. The number of Topliss-reactive ketones (excluding diaryl/α,β-unsaturated/α-hetero) is 1. The summed E-state index contributed by atoms with van der Waals surface area (Å²) in [5.74, 6) is 0.906. The molecule has 0 fully saturated rings. The zero-order valence-corrected chi connectivity index (χ0v) is 13.7. The SMILES string of the molecule is COc1cccc(/C=C/C(=O)Oc2ccc(C(C)=O)cc2)c1OC. The van der Waals surface area contributed by atoms with E-state index < -0.39 is 5.97 Å². The summed E-state index contributed by atoms with van der Waals surface area (Å²) in [6, 6.07) is 11.7. The predicted molar refractivity (Wildman–Crippen MR) is 90.7 cm³/mol. The highest BCUT2D eigenvalue weighted by atomic mass is 16.5. The van der Waals surface area contributed by atoms with Crippen molar-refractivity contribution in [3.63, 3.8) is 0 Å². The fourth-order valence-corrected chi connectivity index (χ4v) is 2.11. The average Bonchev–Trinajstić information content (AvgIpc) is 2.59. The molecule has 0 bridgehead atoms. The first-order valence-corrected chi connectivity index (χ1v) is 7.27. The van der Waals surface area contributed by atoms with Gasteiger partial charge in [0.25, 0.3) is 0 Å². The number of esters is 1. The van der Waals surface area contributed by atoms with Gasteiger partial charge in [-0.1, -0.05) is 12.1 Å². The van der Waals surface area contributed by atoms with E-state index in [9.17, 15) is 9.59 Å². The zero-order chi connectivity index (χ0) is 17.5. The van der Waals surface area contributed by atoms with Gasteiger partial charge in [-0.05, 0) is 43.3 Å². The number of hydrogen-bond acceptors (Lipinski definition) is 5. The first-order chi connectivity index (χ1) is 11.5. The summed E-state index contributed by atoms with van der Waals surface area (Å²) < 4.78 is 15.7. The van der Waals surface area contributed by atoms with Crippen molar-refractivity contribution in [2.24, 2.45) is 0 Å². The lowest BCUT2D eigenvalue weighted by atomic mass is 10.1. The summed E-state index contributed by atoms with van der Waals surface area (Å²) >= 11 is 0. The summed E-state index contributed by atoms with van der Waals surface area (Å²) in [5.41, 5.74) is 1.26. The molecule has 0 aliphatic heterocycles. The van der Waals surface area contributed by atoms with Crippen LogP contribution in [0.4, 0.5) is 0 Å². The lowest BCUT2D eigenvalue weighted by Gasteiger charge is -2.09. The molecule has 2 rings (SSSR count). The summed E-state index contributed by atoms with van der Waals surface area (Å²) in [4.78, 5) is 23.1. The molecule has 0 saturated carbocycles. The van der Waals surface area contributed by atoms with Crippen molar-refractivity contribution < 1.29 is 23.8 Å². The van der Waals surface area contributed by atoms with Crippen molar-refractivity contribution in [3.8, 4) is 17.2 Å². The van der Waals surface area contributed by atoms with Crippen molar-refractivity contribution >= 4 is 17.8 Å². The molecule has 0 N–H and O–H groups in total. The number of methoxy groups -OCH3 is 2. The Kier molecular flexibility index (Phi) is 5.73. The second-order valence-electron chi connectivity index (χ2n) is 4.92. The third kappa shape index (κ3) is 4.23. The first kappa shape index (κ1) is 17.3. The van der Waals surface area contributed by atoms with E-state index in [2.05, 4.69) is 0 Å². The van der Waals surface area contributed by atoms with Gasteiger partial charge in [0, 0.05) is 17.2 Å². The Morgan fingerprint density at radius 3 is 2.25 bits per heavy atom. The minimum Gasteiger partial charge on any atom is -0.493 e. The number of rotatable bonds is 6. The Hall–Kier alpha value is -3.08.